The van der Waals surface area contributed by atoms with Gasteiger partial charge in [0.25, 0.3) is 0 Å². The summed E-state index contributed by atoms with van der Waals surface area (Å²) in [5.74, 6) is 0.811. The van der Waals surface area contributed by atoms with Crippen LogP contribution in [0, 0.1) is 0 Å². The molecule has 1 aromatic heterocycles. The van der Waals surface area contributed by atoms with Crippen LogP contribution in [0.2, 0.25) is 0 Å². The molecule has 0 spiro atoms. The second kappa shape index (κ2) is 7.62. The number of aliphatic hydroxyl groups excluding tert-OH is 1. The molecule has 0 unspecified atom stereocenters. The first-order valence-corrected chi connectivity index (χ1v) is 8.30. The zero-order valence-corrected chi connectivity index (χ0v) is 13.3. The molecule has 0 fully saturated rings. The number of hydrogen-bond acceptors (Lipinski definition) is 5. The predicted octanol–water partition coefficient (Wildman–Crippen LogP) is 2.89. The quantitative estimate of drug-likeness (QED) is 0.628. The van der Waals surface area contributed by atoms with E-state index in [-0.39, 0.29) is 12.2 Å². The molecule has 5 nitrogen and oxygen atoms in total. The molecule has 0 saturated carbocycles. The van der Waals surface area contributed by atoms with Crippen LogP contribution in [-0.2, 0) is 6.54 Å². The number of aliphatic hydroxyl groups is 1. The van der Waals surface area contributed by atoms with Crippen LogP contribution < -0.4 is 10.4 Å². The molecule has 0 saturated heterocycles. The van der Waals surface area contributed by atoms with E-state index in [1.807, 2.05) is 12.1 Å². The summed E-state index contributed by atoms with van der Waals surface area (Å²) >= 11 is 0. The van der Waals surface area contributed by atoms with E-state index in [1.54, 1.807) is 6.07 Å². The highest BCUT2D eigenvalue weighted by molar-refractivity contribution is 5.82. The molecule has 1 N–H and O–H groups in total. The van der Waals surface area contributed by atoms with Crippen molar-refractivity contribution in [3.8, 4) is 5.75 Å². The molecule has 3 rings (SSSR count). The Morgan fingerprint density at radius 1 is 1.04 bits per heavy atom. The fourth-order valence-corrected chi connectivity index (χ4v) is 3.01. The van der Waals surface area contributed by atoms with Crippen molar-refractivity contribution in [3.63, 3.8) is 0 Å². The van der Waals surface area contributed by atoms with Gasteiger partial charge >= 0.3 is 5.63 Å². The monoisotopic (exact) mass is 317 g/mol. The molecular formula is C18H23NO4. The lowest BCUT2D eigenvalue weighted by Crippen LogP contribution is -2.33. The maximum absolute atomic E-state index is 11.5. The SMILES string of the molecule is O=c1ccc2ccc3c(c2o1)CN(CCCCCCCO)CO3. The standard InChI is InChI=1S/C18H23NO4/c20-11-5-3-1-2-4-10-19-12-15-16(22-13-19)8-6-14-7-9-17(21)23-18(14)15/h6-9,20H,1-5,10-13H2. The highest BCUT2D eigenvalue weighted by atomic mass is 16.5. The van der Waals surface area contributed by atoms with Gasteiger partial charge in [0, 0.05) is 31.1 Å². The third-order valence-electron chi connectivity index (χ3n) is 4.27. The summed E-state index contributed by atoms with van der Waals surface area (Å²) < 4.78 is 11.2. The largest absolute Gasteiger partial charge is 0.478 e. The van der Waals surface area contributed by atoms with Gasteiger partial charge in [-0.3, -0.25) is 4.90 Å². The van der Waals surface area contributed by atoms with Gasteiger partial charge in [-0.25, -0.2) is 4.79 Å². The molecule has 2 aromatic rings. The van der Waals surface area contributed by atoms with E-state index >= 15 is 0 Å². The molecule has 23 heavy (non-hydrogen) atoms. The third-order valence-corrected chi connectivity index (χ3v) is 4.27. The van der Waals surface area contributed by atoms with E-state index in [4.69, 9.17) is 14.3 Å². The number of nitrogens with zero attached hydrogens (tertiary/aromatic N) is 1. The van der Waals surface area contributed by atoms with Gasteiger partial charge in [-0.05, 0) is 31.0 Å². The van der Waals surface area contributed by atoms with Crippen molar-refractivity contribution in [3.05, 3.63) is 40.2 Å². The smallest absolute Gasteiger partial charge is 0.336 e. The molecule has 2 heterocycles. The zero-order chi connectivity index (χ0) is 16.1. The minimum absolute atomic E-state index is 0.287. The second-order valence-electron chi connectivity index (χ2n) is 6.03. The van der Waals surface area contributed by atoms with E-state index in [2.05, 4.69) is 4.90 Å². The molecular weight excluding hydrogens is 294 g/mol. The van der Waals surface area contributed by atoms with Gasteiger partial charge < -0.3 is 14.3 Å². The highest BCUT2D eigenvalue weighted by Gasteiger charge is 2.20. The van der Waals surface area contributed by atoms with Crippen LogP contribution in [-0.4, -0.2) is 29.9 Å². The lowest BCUT2D eigenvalue weighted by Gasteiger charge is -2.29. The molecule has 0 radical (unpaired) electrons. The van der Waals surface area contributed by atoms with Crippen LogP contribution in [0.25, 0.3) is 11.0 Å². The molecule has 0 aliphatic carbocycles. The normalized spacial score (nSPS) is 14.7. The maximum atomic E-state index is 11.5. The number of rotatable bonds is 7. The summed E-state index contributed by atoms with van der Waals surface area (Å²) in [6, 6.07) is 7.11. The fourth-order valence-electron chi connectivity index (χ4n) is 3.01. The first-order valence-electron chi connectivity index (χ1n) is 8.30. The van der Waals surface area contributed by atoms with Gasteiger partial charge in [-0.15, -0.1) is 0 Å². The Bertz CT molecular complexity index is 710. The summed E-state index contributed by atoms with van der Waals surface area (Å²) in [7, 11) is 0. The number of unbranched alkanes of at least 4 members (excludes halogenated alkanes) is 4. The summed E-state index contributed by atoms with van der Waals surface area (Å²) in [4.78, 5) is 13.7. The van der Waals surface area contributed by atoms with Crippen molar-refractivity contribution in [1.29, 1.82) is 0 Å². The fraction of sp³-hybridized carbons (Fsp3) is 0.500. The van der Waals surface area contributed by atoms with Crippen molar-refractivity contribution < 1.29 is 14.3 Å². The van der Waals surface area contributed by atoms with Crippen LogP contribution in [0.3, 0.4) is 0 Å². The summed E-state index contributed by atoms with van der Waals surface area (Å²) in [6.07, 6.45) is 5.41. The van der Waals surface area contributed by atoms with E-state index in [9.17, 15) is 4.79 Å². The molecule has 0 atom stereocenters. The van der Waals surface area contributed by atoms with Crippen molar-refractivity contribution >= 4 is 11.0 Å². The van der Waals surface area contributed by atoms with Gasteiger partial charge in [0.2, 0.25) is 0 Å². The Kier molecular flexibility index (Phi) is 5.31. The lowest BCUT2D eigenvalue weighted by atomic mass is 10.1. The average molecular weight is 317 g/mol. The predicted molar refractivity (Wildman–Crippen MR) is 88.6 cm³/mol. The van der Waals surface area contributed by atoms with Crippen LogP contribution in [0.5, 0.6) is 5.75 Å². The van der Waals surface area contributed by atoms with E-state index in [0.29, 0.717) is 12.3 Å². The van der Waals surface area contributed by atoms with Gasteiger partial charge in [0.05, 0.1) is 5.56 Å². The van der Waals surface area contributed by atoms with Crippen LogP contribution in [0.4, 0.5) is 0 Å². The van der Waals surface area contributed by atoms with Crippen LogP contribution >= 0.6 is 0 Å². The van der Waals surface area contributed by atoms with Gasteiger partial charge in [0.15, 0.2) is 0 Å². The van der Waals surface area contributed by atoms with Gasteiger partial charge in [-0.2, -0.15) is 0 Å². The number of hydrogen-bond donors (Lipinski definition) is 1. The average Bonchev–Trinajstić information content (AvgIpc) is 2.58. The maximum Gasteiger partial charge on any atom is 0.336 e. The van der Waals surface area contributed by atoms with E-state index in [1.165, 1.54) is 6.07 Å². The van der Waals surface area contributed by atoms with Crippen LogP contribution in [0.1, 0.15) is 37.7 Å². The topological polar surface area (TPSA) is 62.9 Å². The lowest BCUT2D eigenvalue weighted by molar-refractivity contribution is 0.0937. The number of ether oxygens (including phenoxy) is 1. The van der Waals surface area contributed by atoms with Gasteiger partial charge in [-0.1, -0.05) is 19.3 Å². The summed E-state index contributed by atoms with van der Waals surface area (Å²) in [5, 5.41) is 9.70. The Labute approximate surface area is 135 Å². The van der Waals surface area contributed by atoms with Crippen molar-refractivity contribution in [2.45, 2.75) is 38.6 Å². The highest BCUT2D eigenvalue weighted by Crippen LogP contribution is 2.31. The minimum atomic E-state index is -0.327. The molecule has 0 bridgehead atoms. The second-order valence-corrected chi connectivity index (χ2v) is 6.03. The first-order chi connectivity index (χ1) is 11.3. The van der Waals surface area contributed by atoms with Crippen LogP contribution in [0.15, 0.2) is 33.5 Å². The number of benzene rings is 1. The Morgan fingerprint density at radius 2 is 1.83 bits per heavy atom. The molecule has 1 aromatic carbocycles. The molecule has 124 valence electrons. The first kappa shape index (κ1) is 16.0. The van der Waals surface area contributed by atoms with E-state index in [0.717, 1.165) is 61.9 Å². The molecule has 0 amide bonds. The Balaban J connectivity index is 1.63. The van der Waals surface area contributed by atoms with E-state index < -0.39 is 0 Å². The van der Waals surface area contributed by atoms with Gasteiger partial charge in [0.1, 0.15) is 18.1 Å². The number of fused-ring (bicyclic) bond motifs is 3. The summed E-state index contributed by atoms with van der Waals surface area (Å²) in [5.41, 5.74) is 1.28. The van der Waals surface area contributed by atoms with Crippen molar-refractivity contribution in [1.82, 2.24) is 4.90 Å². The molecule has 1 aliphatic heterocycles. The third kappa shape index (κ3) is 3.92. The van der Waals surface area contributed by atoms with Crippen molar-refractivity contribution in [2.24, 2.45) is 0 Å². The van der Waals surface area contributed by atoms with Crippen molar-refractivity contribution in [2.75, 3.05) is 19.9 Å². The Hall–Kier alpha value is -1.85. The molecule has 1 aliphatic rings. The summed E-state index contributed by atoms with van der Waals surface area (Å²) in [6.45, 7) is 2.57. The molecule has 5 heteroatoms. The zero-order valence-electron chi connectivity index (χ0n) is 13.3. The minimum Gasteiger partial charge on any atom is -0.478 e. The Morgan fingerprint density at radius 3 is 2.70 bits per heavy atom.